The molecule has 0 rings (SSSR count). The molecule has 0 aliphatic carbocycles. The van der Waals surface area contributed by atoms with Crippen LogP contribution in [0.15, 0.2) is 146 Å². The molecule has 1 atom stereocenters. The molecular formula is C69H112O5. The van der Waals surface area contributed by atoms with Crippen LogP contribution in [0.1, 0.15) is 258 Å². The van der Waals surface area contributed by atoms with Crippen molar-refractivity contribution < 1.29 is 24.2 Å². The zero-order valence-corrected chi connectivity index (χ0v) is 47.8. The van der Waals surface area contributed by atoms with Gasteiger partial charge in [0.05, 0.1) is 6.61 Å². The van der Waals surface area contributed by atoms with E-state index in [0.29, 0.717) is 12.8 Å². The van der Waals surface area contributed by atoms with Crippen molar-refractivity contribution in [2.75, 3.05) is 13.2 Å². The quantitative estimate of drug-likeness (QED) is 0.0373. The summed E-state index contributed by atoms with van der Waals surface area (Å²) < 4.78 is 10.7. The standard InChI is InChI=1S/C69H112O5/c1-3-5-7-9-11-13-15-17-19-21-23-24-25-26-27-28-29-30-31-32-33-34-35-36-37-38-39-40-41-42-43-44-46-48-50-52-54-56-58-60-62-64-69(72)74-67(65-70)66-73-68(71)63-61-59-57-55-53-51-49-47-45-22-20-18-16-14-12-10-8-6-4-2/h5,7,11,13,17-20,23-24,26-27,29-30,32-33,35-36,38-39,41-42,44,46,67,70H,3-4,6,8-10,12,14-16,21-22,25,28,31,34,37,40,43,45,47-66H2,1-2H3/b7-5-,13-11-,19-17-,20-18-,24-23-,27-26-,30-29-,33-32-,36-35-,39-38-,42-41-,46-44-. The van der Waals surface area contributed by atoms with E-state index < -0.39 is 6.10 Å². The molecule has 1 N–H and O–H groups in total. The summed E-state index contributed by atoms with van der Waals surface area (Å²) in [6.07, 6.45) is 95.4. The van der Waals surface area contributed by atoms with E-state index in [9.17, 15) is 14.7 Å². The van der Waals surface area contributed by atoms with Gasteiger partial charge >= 0.3 is 11.9 Å². The lowest BCUT2D eigenvalue weighted by molar-refractivity contribution is -0.161. The van der Waals surface area contributed by atoms with E-state index in [1.165, 1.54) is 116 Å². The molecule has 74 heavy (non-hydrogen) atoms. The number of rotatable bonds is 54. The Labute approximate surface area is 457 Å². The second-order valence-electron chi connectivity index (χ2n) is 19.7. The van der Waals surface area contributed by atoms with Gasteiger partial charge in [0.2, 0.25) is 0 Å². The zero-order chi connectivity index (χ0) is 53.4. The van der Waals surface area contributed by atoms with Gasteiger partial charge in [0.15, 0.2) is 6.10 Å². The van der Waals surface area contributed by atoms with Crippen molar-refractivity contribution in [2.45, 2.75) is 264 Å². The molecule has 0 aliphatic heterocycles. The molecule has 0 aliphatic rings. The number of unbranched alkanes of at least 4 members (excludes halogenated alkanes) is 22. The topological polar surface area (TPSA) is 72.8 Å². The Morgan fingerprint density at radius 3 is 0.892 bits per heavy atom. The van der Waals surface area contributed by atoms with E-state index in [-0.39, 0.29) is 25.2 Å². The SMILES string of the molecule is CC/C=C\C/C=C\C/C=C\C/C=C\C/C=C\C/C=C\C/C=C\C/C=C\C/C=C\C/C=C\C/C=C\CCCCCCCCCC(=O)OC(CO)COC(=O)CCCCCCCCCCC/C=C\CCCCCCCC. The predicted molar refractivity (Wildman–Crippen MR) is 324 cm³/mol. The molecule has 0 aromatic rings. The smallest absolute Gasteiger partial charge is 0.306 e. The van der Waals surface area contributed by atoms with Crippen molar-refractivity contribution in [1.29, 1.82) is 0 Å². The first-order chi connectivity index (χ1) is 36.6. The van der Waals surface area contributed by atoms with Gasteiger partial charge in [-0.05, 0) is 122 Å². The number of esters is 2. The van der Waals surface area contributed by atoms with Gasteiger partial charge in [-0.25, -0.2) is 0 Å². The maximum Gasteiger partial charge on any atom is 0.306 e. The van der Waals surface area contributed by atoms with Gasteiger partial charge in [-0.1, -0.05) is 269 Å². The fourth-order valence-corrected chi connectivity index (χ4v) is 8.08. The second-order valence-corrected chi connectivity index (χ2v) is 19.7. The highest BCUT2D eigenvalue weighted by atomic mass is 16.6. The van der Waals surface area contributed by atoms with E-state index in [1.54, 1.807) is 0 Å². The van der Waals surface area contributed by atoms with Crippen LogP contribution in [0, 0.1) is 0 Å². The summed E-state index contributed by atoms with van der Waals surface area (Å²) in [4.78, 5) is 24.5. The molecular weight excluding hydrogens is 909 g/mol. The third-order valence-corrected chi connectivity index (χ3v) is 12.6. The van der Waals surface area contributed by atoms with E-state index in [4.69, 9.17) is 9.47 Å². The number of hydrogen-bond acceptors (Lipinski definition) is 5. The van der Waals surface area contributed by atoms with Gasteiger partial charge < -0.3 is 14.6 Å². The van der Waals surface area contributed by atoms with E-state index in [1.807, 2.05) is 0 Å². The minimum atomic E-state index is -0.789. The number of hydrogen-bond donors (Lipinski definition) is 1. The van der Waals surface area contributed by atoms with Crippen LogP contribution in [0.4, 0.5) is 0 Å². The highest BCUT2D eigenvalue weighted by molar-refractivity contribution is 5.70. The molecule has 0 amide bonds. The highest BCUT2D eigenvalue weighted by Crippen LogP contribution is 2.14. The number of aliphatic hydroxyl groups excluding tert-OH is 1. The summed E-state index contributed by atoms with van der Waals surface area (Å²) in [7, 11) is 0. The van der Waals surface area contributed by atoms with E-state index >= 15 is 0 Å². The van der Waals surface area contributed by atoms with Crippen LogP contribution in [0.2, 0.25) is 0 Å². The Bertz CT molecular complexity index is 1580. The molecule has 0 heterocycles. The van der Waals surface area contributed by atoms with Crippen molar-refractivity contribution in [3.05, 3.63) is 146 Å². The monoisotopic (exact) mass is 1020 g/mol. The van der Waals surface area contributed by atoms with Crippen LogP contribution >= 0.6 is 0 Å². The van der Waals surface area contributed by atoms with E-state index in [2.05, 4.69) is 160 Å². The molecule has 0 bridgehead atoms. The molecule has 418 valence electrons. The first-order valence-corrected chi connectivity index (χ1v) is 30.4. The number of allylic oxidation sites excluding steroid dienone is 24. The average molecular weight is 1020 g/mol. The van der Waals surface area contributed by atoms with Crippen LogP contribution in [0.5, 0.6) is 0 Å². The second kappa shape index (κ2) is 63.1. The lowest BCUT2D eigenvalue weighted by Crippen LogP contribution is -2.28. The van der Waals surface area contributed by atoms with Gasteiger partial charge in [-0.3, -0.25) is 9.59 Å². The first-order valence-electron chi connectivity index (χ1n) is 30.4. The van der Waals surface area contributed by atoms with Crippen LogP contribution < -0.4 is 0 Å². The lowest BCUT2D eigenvalue weighted by atomic mass is 10.1. The third kappa shape index (κ3) is 60.3. The summed E-state index contributed by atoms with van der Waals surface area (Å²) in [6.45, 7) is 4.02. The number of aliphatic hydroxyl groups is 1. The van der Waals surface area contributed by atoms with Crippen LogP contribution in [0.3, 0.4) is 0 Å². The Balaban J connectivity index is 3.62. The summed E-state index contributed by atoms with van der Waals surface area (Å²) >= 11 is 0. The van der Waals surface area contributed by atoms with Crippen LogP contribution in [-0.2, 0) is 19.1 Å². The van der Waals surface area contributed by atoms with Crippen molar-refractivity contribution >= 4 is 11.9 Å². The molecule has 0 spiro atoms. The van der Waals surface area contributed by atoms with Crippen LogP contribution in [-0.4, -0.2) is 36.4 Å². The molecule has 0 saturated carbocycles. The van der Waals surface area contributed by atoms with E-state index in [0.717, 1.165) is 116 Å². The molecule has 1 unspecified atom stereocenters. The lowest BCUT2D eigenvalue weighted by Gasteiger charge is -2.15. The highest BCUT2D eigenvalue weighted by Gasteiger charge is 2.16. The summed E-state index contributed by atoms with van der Waals surface area (Å²) in [5.74, 6) is -0.610. The predicted octanol–water partition coefficient (Wildman–Crippen LogP) is 21.0. The normalized spacial score (nSPS) is 13.3. The Hall–Kier alpha value is -4.22. The summed E-state index contributed by atoms with van der Waals surface area (Å²) in [5, 5.41) is 9.66. The minimum Gasteiger partial charge on any atom is -0.462 e. The summed E-state index contributed by atoms with van der Waals surface area (Å²) in [5.41, 5.74) is 0. The van der Waals surface area contributed by atoms with Gasteiger partial charge in [-0.15, -0.1) is 0 Å². The van der Waals surface area contributed by atoms with Crippen LogP contribution in [0.25, 0.3) is 0 Å². The van der Waals surface area contributed by atoms with Crippen molar-refractivity contribution in [2.24, 2.45) is 0 Å². The number of carbonyl (C=O) groups excluding carboxylic acids is 2. The minimum absolute atomic E-state index is 0.0781. The molecule has 5 heteroatoms. The fraction of sp³-hybridized carbons (Fsp3) is 0.623. The van der Waals surface area contributed by atoms with Crippen molar-refractivity contribution in [1.82, 2.24) is 0 Å². The maximum atomic E-state index is 12.3. The molecule has 0 saturated heterocycles. The Kier molecular flexibility index (Phi) is 59.5. The largest absolute Gasteiger partial charge is 0.462 e. The van der Waals surface area contributed by atoms with Gasteiger partial charge in [-0.2, -0.15) is 0 Å². The van der Waals surface area contributed by atoms with Crippen molar-refractivity contribution in [3.63, 3.8) is 0 Å². The third-order valence-electron chi connectivity index (χ3n) is 12.6. The zero-order valence-electron chi connectivity index (χ0n) is 47.8. The van der Waals surface area contributed by atoms with Gasteiger partial charge in [0.25, 0.3) is 0 Å². The molecule has 0 radical (unpaired) electrons. The molecule has 5 nitrogen and oxygen atoms in total. The number of carbonyl (C=O) groups is 2. The molecule has 0 aromatic carbocycles. The molecule has 0 fully saturated rings. The fourth-order valence-electron chi connectivity index (χ4n) is 8.08. The Morgan fingerprint density at radius 2 is 0.581 bits per heavy atom. The van der Waals surface area contributed by atoms with Gasteiger partial charge in [0.1, 0.15) is 6.61 Å². The summed E-state index contributed by atoms with van der Waals surface area (Å²) in [6, 6.07) is 0. The first kappa shape index (κ1) is 69.8. The van der Waals surface area contributed by atoms with Crippen molar-refractivity contribution in [3.8, 4) is 0 Å². The van der Waals surface area contributed by atoms with Gasteiger partial charge in [0, 0.05) is 12.8 Å². The molecule has 0 aromatic heterocycles. The number of ether oxygens (including phenoxy) is 2. The Morgan fingerprint density at radius 1 is 0.324 bits per heavy atom. The maximum absolute atomic E-state index is 12.3. The average Bonchev–Trinajstić information content (AvgIpc) is 3.40.